The smallest absolute Gasteiger partial charge is 0.262 e. The molecule has 7 nitrogen and oxygen atoms in total. The SMILES string of the molecule is C=CCOc1ccc(C(=O)Nc2cccc(S(=O)(=O)NC3=NCCCCC3)c2)cc1. The summed E-state index contributed by atoms with van der Waals surface area (Å²) < 4.78 is 33.4. The number of amidine groups is 1. The zero-order valence-electron chi connectivity index (χ0n) is 16.6. The number of carbonyl (C=O) groups excluding carboxylic acids is 1. The van der Waals surface area contributed by atoms with Crippen LogP contribution in [0.4, 0.5) is 5.69 Å². The second-order valence-corrected chi connectivity index (χ2v) is 8.53. The minimum Gasteiger partial charge on any atom is -0.490 e. The van der Waals surface area contributed by atoms with Crippen LogP contribution in [0.2, 0.25) is 0 Å². The number of carbonyl (C=O) groups is 1. The maximum Gasteiger partial charge on any atom is 0.262 e. The second kappa shape index (κ2) is 10.1. The van der Waals surface area contributed by atoms with Crippen LogP contribution in [-0.4, -0.2) is 33.3 Å². The van der Waals surface area contributed by atoms with Gasteiger partial charge in [0.2, 0.25) is 0 Å². The van der Waals surface area contributed by atoms with E-state index >= 15 is 0 Å². The highest BCUT2D eigenvalue weighted by atomic mass is 32.2. The van der Waals surface area contributed by atoms with E-state index < -0.39 is 10.0 Å². The summed E-state index contributed by atoms with van der Waals surface area (Å²) in [5.41, 5.74) is 0.817. The normalized spacial score (nSPS) is 14.2. The molecule has 2 N–H and O–H groups in total. The van der Waals surface area contributed by atoms with Crippen molar-refractivity contribution in [3.05, 3.63) is 66.7 Å². The summed E-state index contributed by atoms with van der Waals surface area (Å²) in [5.74, 6) is 0.772. The molecule has 0 spiro atoms. The van der Waals surface area contributed by atoms with Gasteiger partial charge in [-0.2, -0.15) is 0 Å². The van der Waals surface area contributed by atoms with Gasteiger partial charge in [-0.25, -0.2) is 8.42 Å². The third kappa shape index (κ3) is 5.93. The van der Waals surface area contributed by atoms with Gasteiger partial charge in [0.05, 0.1) is 4.90 Å². The minimum atomic E-state index is -3.77. The van der Waals surface area contributed by atoms with E-state index in [4.69, 9.17) is 4.74 Å². The molecule has 0 saturated heterocycles. The Balaban J connectivity index is 1.69. The average Bonchev–Trinajstić information content (AvgIpc) is 3.01. The first kappa shape index (κ1) is 21.6. The van der Waals surface area contributed by atoms with E-state index in [0.717, 1.165) is 19.3 Å². The molecule has 0 saturated carbocycles. The first-order chi connectivity index (χ1) is 14.5. The summed E-state index contributed by atoms with van der Waals surface area (Å²) in [5, 5.41) is 2.73. The molecule has 3 rings (SSSR count). The van der Waals surface area contributed by atoms with Crippen molar-refractivity contribution in [1.82, 2.24) is 4.72 Å². The van der Waals surface area contributed by atoms with Crippen molar-refractivity contribution in [2.75, 3.05) is 18.5 Å². The number of benzene rings is 2. The molecule has 30 heavy (non-hydrogen) atoms. The molecule has 0 aromatic heterocycles. The van der Waals surface area contributed by atoms with Gasteiger partial charge in [0.1, 0.15) is 18.2 Å². The summed E-state index contributed by atoms with van der Waals surface area (Å²) in [6.07, 6.45) is 5.17. The Morgan fingerprint density at radius 3 is 2.70 bits per heavy atom. The van der Waals surface area contributed by atoms with Crippen molar-refractivity contribution in [2.45, 2.75) is 30.6 Å². The summed E-state index contributed by atoms with van der Waals surface area (Å²) in [4.78, 5) is 16.9. The molecule has 1 amide bonds. The van der Waals surface area contributed by atoms with E-state index in [-0.39, 0.29) is 10.8 Å². The molecule has 1 aliphatic heterocycles. The molecule has 0 radical (unpaired) electrons. The number of anilines is 1. The monoisotopic (exact) mass is 427 g/mol. The molecular weight excluding hydrogens is 402 g/mol. The summed E-state index contributed by atoms with van der Waals surface area (Å²) in [6, 6.07) is 12.8. The molecule has 0 unspecified atom stereocenters. The summed E-state index contributed by atoms with van der Waals surface area (Å²) >= 11 is 0. The number of nitrogens with zero attached hydrogens (tertiary/aromatic N) is 1. The standard InChI is InChI=1S/C22H25N3O4S/c1-2-15-29-19-12-10-17(11-13-19)22(26)24-18-7-6-8-20(16-18)30(27,28)25-21-9-4-3-5-14-23-21/h2,6-8,10-13,16H,1,3-5,9,14-15H2,(H,23,25)(H,24,26). The fourth-order valence-corrected chi connectivity index (χ4v) is 4.11. The Morgan fingerprint density at radius 1 is 1.13 bits per heavy atom. The highest BCUT2D eigenvalue weighted by Gasteiger charge is 2.18. The quantitative estimate of drug-likeness (QED) is 0.658. The number of nitrogens with one attached hydrogen (secondary N) is 2. The maximum atomic E-state index is 12.7. The van der Waals surface area contributed by atoms with E-state index in [2.05, 4.69) is 21.6 Å². The largest absolute Gasteiger partial charge is 0.490 e. The highest BCUT2D eigenvalue weighted by molar-refractivity contribution is 7.90. The van der Waals surface area contributed by atoms with Crippen LogP contribution in [-0.2, 0) is 10.0 Å². The van der Waals surface area contributed by atoms with E-state index in [1.165, 1.54) is 12.1 Å². The van der Waals surface area contributed by atoms with Crippen LogP contribution in [0.1, 0.15) is 36.0 Å². The molecule has 2 aromatic rings. The first-order valence-electron chi connectivity index (χ1n) is 9.79. The molecule has 0 bridgehead atoms. The highest BCUT2D eigenvalue weighted by Crippen LogP contribution is 2.18. The molecule has 2 aromatic carbocycles. The molecule has 0 atom stereocenters. The minimum absolute atomic E-state index is 0.0698. The number of rotatable bonds is 7. The Hall–Kier alpha value is -3.13. The molecule has 0 aliphatic carbocycles. The third-order valence-corrected chi connectivity index (χ3v) is 5.89. The van der Waals surface area contributed by atoms with Crippen molar-refractivity contribution >= 4 is 27.5 Å². The maximum absolute atomic E-state index is 12.7. The van der Waals surface area contributed by atoms with Crippen LogP contribution >= 0.6 is 0 Å². The molecule has 1 heterocycles. The Labute approximate surface area is 176 Å². The molecule has 8 heteroatoms. The van der Waals surface area contributed by atoms with E-state index in [1.54, 1.807) is 42.5 Å². The summed E-state index contributed by atoms with van der Waals surface area (Å²) in [6.45, 7) is 4.60. The topological polar surface area (TPSA) is 96.9 Å². The lowest BCUT2D eigenvalue weighted by Gasteiger charge is -2.11. The van der Waals surface area contributed by atoms with Gasteiger partial charge >= 0.3 is 0 Å². The van der Waals surface area contributed by atoms with E-state index in [9.17, 15) is 13.2 Å². The van der Waals surface area contributed by atoms with Gasteiger partial charge in [0.25, 0.3) is 15.9 Å². The Kier molecular flexibility index (Phi) is 7.24. The number of sulfonamides is 1. The molecular formula is C22H25N3O4S. The van der Waals surface area contributed by atoms with Gasteiger partial charge in [-0.3, -0.25) is 14.5 Å². The third-order valence-electron chi connectivity index (χ3n) is 4.51. The lowest BCUT2D eigenvalue weighted by atomic mass is 10.2. The fraction of sp³-hybridized carbons (Fsp3) is 0.273. The van der Waals surface area contributed by atoms with Crippen LogP contribution in [0.3, 0.4) is 0 Å². The van der Waals surface area contributed by atoms with Gasteiger partial charge in [-0.15, -0.1) is 0 Å². The molecule has 0 fully saturated rings. The lowest BCUT2D eigenvalue weighted by Crippen LogP contribution is -2.30. The predicted octanol–water partition coefficient (Wildman–Crippen LogP) is 3.75. The predicted molar refractivity (Wildman–Crippen MR) is 118 cm³/mol. The molecule has 1 aliphatic rings. The van der Waals surface area contributed by atoms with Gasteiger partial charge in [0.15, 0.2) is 0 Å². The van der Waals surface area contributed by atoms with Crippen molar-refractivity contribution in [3.63, 3.8) is 0 Å². The number of amides is 1. The Bertz CT molecular complexity index is 1030. The van der Waals surface area contributed by atoms with Crippen LogP contribution < -0.4 is 14.8 Å². The number of hydrogen-bond acceptors (Lipinski definition) is 5. The Morgan fingerprint density at radius 2 is 1.93 bits per heavy atom. The number of aliphatic imine (C=N–C) groups is 1. The zero-order chi connectivity index (χ0) is 21.4. The van der Waals surface area contributed by atoms with Crippen molar-refractivity contribution in [3.8, 4) is 5.75 Å². The van der Waals surface area contributed by atoms with Gasteiger partial charge < -0.3 is 10.1 Å². The first-order valence-corrected chi connectivity index (χ1v) is 11.3. The van der Waals surface area contributed by atoms with Gasteiger partial charge in [-0.05, 0) is 55.3 Å². The van der Waals surface area contributed by atoms with Crippen molar-refractivity contribution in [2.24, 2.45) is 4.99 Å². The van der Waals surface area contributed by atoms with Crippen LogP contribution in [0.25, 0.3) is 0 Å². The molecule has 158 valence electrons. The lowest BCUT2D eigenvalue weighted by molar-refractivity contribution is 0.102. The van der Waals surface area contributed by atoms with Crippen LogP contribution in [0, 0.1) is 0 Å². The zero-order valence-corrected chi connectivity index (χ0v) is 17.5. The summed E-state index contributed by atoms with van der Waals surface area (Å²) in [7, 11) is -3.77. The van der Waals surface area contributed by atoms with Crippen molar-refractivity contribution < 1.29 is 17.9 Å². The van der Waals surface area contributed by atoms with Crippen LogP contribution in [0.15, 0.2) is 71.1 Å². The number of ether oxygens (including phenoxy) is 1. The van der Waals surface area contributed by atoms with E-state index in [1.807, 2.05) is 0 Å². The fourth-order valence-electron chi connectivity index (χ4n) is 2.97. The van der Waals surface area contributed by atoms with Crippen LogP contribution in [0.5, 0.6) is 5.75 Å². The average molecular weight is 428 g/mol. The van der Waals surface area contributed by atoms with Gasteiger partial charge in [-0.1, -0.05) is 25.1 Å². The van der Waals surface area contributed by atoms with Crippen molar-refractivity contribution in [1.29, 1.82) is 0 Å². The van der Waals surface area contributed by atoms with E-state index in [0.29, 0.717) is 42.4 Å². The second-order valence-electron chi connectivity index (χ2n) is 6.85. The van der Waals surface area contributed by atoms with Gasteiger partial charge in [0, 0.05) is 24.2 Å². The number of hydrogen-bond donors (Lipinski definition) is 2.